The molecule has 0 heterocycles. The molecule has 1 amide bonds. The molecule has 0 saturated carbocycles. The molecule has 5 heteroatoms. The van der Waals surface area contributed by atoms with Gasteiger partial charge in [0.15, 0.2) is 0 Å². The van der Waals surface area contributed by atoms with Crippen LogP contribution in [0.1, 0.15) is 15.9 Å². The van der Waals surface area contributed by atoms with Crippen LogP contribution >= 0.6 is 0 Å². The van der Waals surface area contributed by atoms with Crippen LogP contribution in [0.25, 0.3) is 0 Å². The van der Waals surface area contributed by atoms with Crippen molar-refractivity contribution in [2.75, 3.05) is 26.1 Å². The SMILES string of the molecule is COCC(=O)Nc1cccc(C(=O)OC)c1C. The van der Waals surface area contributed by atoms with Gasteiger partial charge in [-0.3, -0.25) is 4.79 Å². The Kier molecular flexibility index (Phi) is 4.66. The van der Waals surface area contributed by atoms with Crippen molar-refractivity contribution in [3.63, 3.8) is 0 Å². The zero-order chi connectivity index (χ0) is 12.8. The van der Waals surface area contributed by atoms with Crippen molar-refractivity contribution in [1.82, 2.24) is 0 Å². The van der Waals surface area contributed by atoms with E-state index in [0.29, 0.717) is 16.8 Å². The Labute approximate surface area is 99.7 Å². The fourth-order valence-corrected chi connectivity index (χ4v) is 1.42. The van der Waals surface area contributed by atoms with Crippen LogP contribution in [0.2, 0.25) is 0 Å². The fourth-order valence-electron chi connectivity index (χ4n) is 1.42. The number of methoxy groups -OCH3 is 2. The van der Waals surface area contributed by atoms with E-state index in [1.165, 1.54) is 14.2 Å². The van der Waals surface area contributed by atoms with E-state index < -0.39 is 5.97 Å². The predicted molar refractivity (Wildman–Crippen MR) is 63.0 cm³/mol. The molecule has 92 valence electrons. The highest BCUT2D eigenvalue weighted by Crippen LogP contribution is 2.19. The van der Waals surface area contributed by atoms with E-state index in [0.717, 1.165) is 0 Å². The van der Waals surface area contributed by atoms with E-state index in [9.17, 15) is 9.59 Å². The second-order valence-electron chi connectivity index (χ2n) is 3.45. The van der Waals surface area contributed by atoms with Crippen molar-refractivity contribution in [3.05, 3.63) is 29.3 Å². The summed E-state index contributed by atoms with van der Waals surface area (Å²) in [5.41, 5.74) is 1.68. The van der Waals surface area contributed by atoms with Crippen LogP contribution in [0.4, 0.5) is 5.69 Å². The Balaban J connectivity index is 2.94. The van der Waals surface area contributed by atoms with E-state index in [1.807, 2.05) is 0 Å². The molecule has 0 aliphatic rings. The number of benzene rings is 1. The smallest absolute Gasteiger partial charge is 0.338 e. The van der Waals surface area contributed by atoms with Gasteiger partial charge < -0.3 is 14.8 Å². The lowest BCUT2D eigenvalue weighted by atomic mass is 10.1. The molecule has 1 aromatic rings. The summed E-state index contributed by atoms with van der Waals surface area (Å²) in [5.74, 6) is -0.692. The van der Waals surface area contributed by atoms with Crippen LogP contribution in [0, 0.1) is 6.92 Å². The Morgan fingerprint density at radius 1 is 1.29 bits per heavy atom. The molecule has 0 bridgehead atoms. The molecule has 1 rings (SSSR count). The zero-order valence-corrected chi connectivity index (χ0v) is 10.1. The number of amides is 1. The van der Waals surface area contributed by atoms with Crippen LogP contribution in [0.3, 0.4) is 0 Å². The number of carbonyl (C=O) groups is 2. The zero-order valence-electron chi connectivity index (χ0n) is 10.1. The van der Waals surface area contributed by atoms with Crippen LogP contribution in [0.5, 0.6) is 0 Å². The standard InChI is InChI=1S/C12H15NO4/c1-8-9(12(15)17-3)5-4-6-10(8)13-11(14)7-16-2/h4-6H,7H2,1-3H3,(H,13,14). The summed E-state index contributed by atoms with van der Waals surface area (Å²) < 4.78 is 9.36. The molecule has 0 unspecified atom stereocenters. The number of hydrogen-bond donors (Lipinski definition) is 1. The number of esters is 1. The summed E-state index contributed by atoms with van der Waals surface area (Å²) >= 11 is 0. The van der Waals surface area contributed by atoms with Gasteiger partial charge in [-0.05, 0) is 24.6 Å². The number of nitrogens with one attached hydrogen (secondary N) is 1. The molecule has 0 spiro atoms. The van der Waals surface area contributed by atoms with Gasteiger partial charge in [-0.2, -0.15) is 0 Å². The van der Waals surface area contributed by atoms with Gasteiger partial charge in [0.1, 0.15) is 6.61 Å². The van der Waals surface area contributed by atoms with Crippen LogP contribution in [-0.2, 0) is 14.3 Å². The molecule has 5 nitrogen and oxygen atoms in total. The number of carbonyl (C=O) groups excluding carboxylic acids is 2. The summed E-state index contributed by atoms with van der Waals surface area (Å²) in [6.45, 7) is 1.72. The van der Waals surface area contributed by atoms with Crippen LogP contribution in [-0.4, -0.2) is 32.7 Å². The van der Waals surface area contributed by atoms with Crippen LogP contribution < -0.4 is 5.32 Å². The lowest BCUT2D eigenvalue weighted by Gasteiger charge is -2.10. The highest BCUT2D eigenvalue weighted by Gasteiger charge is 2.12. The summed E-state index contributed by atoms with van der Waals surface area (Å²) in [6, 6.07) is 5.05. The van der Waals surface area contributed by atoms with Crippen molar-refractivity contribution in [2.24, 2.45) is 0 Å². The van der Waals surface area contributed by atoms with E-state index in [-0.39, 0.29) is 12.5 Å². The first-order valence-corrected chi connectivity index (χ1v) is 5.07. The molecule has 0 aromatic heterocycles. The third-order valence-electron chi connectivity index (χ3n) is 2.29. The van der Waals surface area contributed by atoms with Crippen molar-refractivity contribution in [1.29, 1.82) is 0 Å². The maximum atomic E-state index is 11.4. The first-order valence-electron chi connectivity index (χ1n) is 5.07. The molecule has 0 saturated heterocycles. The average Bonchev–Trinajstić information content (AvgIpc) is 2.31. The molecule has 0 radical (unpaired) electrons. The summed E-state index contributed by atoms with van der Waals surface area (Å²) in [6.07, 6.45) is 0. The number of hydrogen-bond acceptors (Lipinski definition) is 4. The molecule has 0 aliphatic heterocycles. The van der Waals surface area contributed by atoms with Gasteiger partial charge in [0, 0.05) is 12.8 Å². The van der Waals surface area contributed by atoms with E-state index in [1.54, 1.807) is 25.1 Å². The van der Waals surface area contributed by atoms with Crippen molar-refractivity contribution in [3.8, 4) is 0 Å². The molecule has 0 aliphatic carbocycles. The van der Waals surface area contributed by atoms with E-state index >= 15 is 0 Å². The number of ether oxygens (including phenoxy) is 2. The Bertz CT molecular complexity index is 429. The maximum absolute atomic E-state index is 11.4. The molecule has 1 N–H and O–H groups in total. The molecular weight excluding hydrogens is 222 g/mol. The topological polar surface area (TPSA) is 64.6 Å². The highest BCUT2D eigenvalue weighted by molar-refractivity contribution is 5.97. The Hall–Kier alpha value is -1.88. The number of anilines is 1. The molecule has 17 heavy (non-hydrogen) atoms. The van der Waals surface area contributed by atoms with Crippen molar-refractivity contribution in [2.45, 2.75) is 6.92 Å². The van der Waals surface area contributed by atoms with E-state index in [4.69, 9.17) is 4.74 Å². The minimum absolute atomic E-state index is 0.0259. The Morgan fingerprint density at radius 2 is 2.00 bits per heavy atom. The largest absolute Gasteiger partial charge is 0.465 e. The monoisotopic (exact) mass is 237 g/mol. The summed E-state index contributed by atoms with van der Waals surface area (Å²) in [7, 11) is 2.76. The summed E-state index contributed by atoms with van der Waals surface area (Å²) in [4.78, 5) is 22.8. The number of rotatable bonds is 4. The van der Waals surface area contributed by atoms with Gasteiger partial charge in [0.2, 0.25) is 5.91 Å². The van der Waals surface area contributed by atoms with Gasteiger partial charge in [0.05, 0.1) is 12.7 Å². The molecule has 0 atom stereocenters. The first kappa shape index (κ1) is 13.2. The van der Waals surface area contributed by atoms with Crippen molar-refractivity contribution >= 4 is 17.6 Å². The Morgan fingerprint density at radius 3 is 2.59 bits per heavy atom. The fraction of sp³-hybridized carbons (Fsp3) is 0.333. The maximum Gasteiger partial charge on any atom is 0.338 e. The summed E-state index contributed by atoms with van der Waals surface area (Å²) in [5, 5.41) is 2.66. The second kappa shape index (κ2) is 6.00. The third kappa shape index (κ3) is 3.29. The van der Waals surface area contributed by atoms with Gasteiger partial charge in [-0.15, -0.1) is 0 Å². The highest BCUT2D eigenvalue weighted by atomic mass is 16.5. The minimum Gasteiger partial charge on any atom is -0.465 e. The minimum atomic E-state index is -0.426. The molecule has 0 fully saturated rings. The lowest BCUT2D eigenvalue weighted by Crippen LogP contribution is -2.18. The van der Waals surface area contributed by atoms with Gasteiger partial charge in [0.25, 0.3) is 0 Å². The van der Waals surface area contributed by atoms with Gasteiger partial charge in [-0.25, -0.2) is 4.79 Å². The molecule has 1 aromatic carbocycles. The quantitative estimate of drug-likeness (QED) is 0.803. The normalized spacial score (nSPS) is 9.82. The van der Waals surface area contributed by atoms with Gasteiger partial charge >= 0.3 is 5.97 Å². The van der Waals surface area contributed by atoms with Gasteiger partial charge in [-0.1, -0.05) is 6.07 Å². The predicted octanol–water partition coefficient (Wildman–Crippen LogP) is 1.37. The first-order chi connectivity index (χ1) is 8.10. The van der Waals surface area contributed by atoms with E-state index in [2.05, 4.69) is 10.1 Å². The lowest BCUT2D eigenvalue weighted by molar-refractivity contribution is -0.119. The average molecular weight is 237 g/mol. The second-order valence-corrected chi connectivity index (χ2v) is 3.45. The molecular formula is C12H15NO4. The van der Waals surface area contributed by atoms with Crippen LogP contribution in [0.15, 0.2) is 18.2 Å². The third-order valence-corrected chi connectivity index (χ3v) is 2.29. The van der Waals surface area contributed by atoms with Crippen molar-refractivity contribution < 1.29 is 19.1 Å².